The Bertz CT molecular complexity index is 410. The summed E-state index contributed by atoms with van der Waals surface area (Å²) in [4.78, 5) is 0. The summed E-state index contributed by atoms with van der Waals surface area (Å²) in [7, 11) is 0. The van der Waals surface area contributed by atoms with Crippen molar-refractivity contribution in [1.82, 2.24) is 0 Å². The maximum atomic E-state index is 12.1. The van der Waals surface area contributed by atoms with Gasteiger partial charge in [0, 0.05) is 22.9 Å². The predicted molar refractivity (Wildman–Crippen MR) is 70.7 cm³/mol. The van der Waals surface area contributed by atoms with Crippen molar-refractivity contribution in [2.75, 3.05) is 0 Å². The molecule has 0 radical (unpaired) electrons. The summed E-state index contributed by atoms with van der Waals surface area (Å²) in [5, 5.41) is 10.9. The Morgan fingerprint density at radius 1 is 1.11 bits per heavy atom. The number of hydrogen-bond donors (Lipinski definition) is 1. The lowest BCUT2D eigenvalue weighted by atomic mass is 9.91. The van der Waals surface area contributed by atoms with Gasteiger partial charge in [-0.05, 0) is 37.5 Å². The van der Waals surface area contributed by atoms with E-state index in [4.69, 9.17) is 23.2 Å². The average Bonchev–Trinajstić information content (AvgIpc) is 2.21. The molecular formula is C13H15Cl2F3O. The van der Waals surface area contributed by atoms with Crippen LogP contribution in [-0.2, 0) is 6.42 Å². The normalized spacial score (nSPS) is 15.3. The van der Waals surface area contributed by atoms with E-state index >= 15 is 0 Å². The maximum absolute atomic E-state index is 12.1. The molecule has 1 aromatic rings. The third-order valence-electron chi connectivity index (χ3n) is 2.79. The molecule has 0 fully saturated rings. The SMILES string of the molecule is CC(O)(CCCC(F)(F)F)Cc1c(Cl)cccc1Cl. The van der Waals surface area contributed by atoms with Gasteiger partial charge >= 0.3 is 6.18 Å². The van der Waals surface area contributed by atoms with Gasteiger partial charge in [0.1, 0.15) is 0 Å². The third-order valence-corrected chi connectivity index (χ3v) is 3.50. The molecule has 0 bridgehead atoms. The highest BCUT2D eigenvalue weighted by Gasteiger charge is 2.29. The minimum Gasteiger partial charge on any atom is -0.390 e. The molecule has 1 atom stereocenters. The van der Waals surface area contributed by atoms with E-state index in [1.54, 1.807) is 18.2 Å². The van der Waals surface area contributed by atoms with E-state index in [0.717, 1.165) is 0 Å². The monoisotopic (exact) mass is 314 g/mol. The fourth-order valence-corrected chi connectivity index (χ4v) is 2.37. The Balaban J connectivity index is 2.64. The van der Waals surface area contributed by atoms with Crippen molar-refractivity contribution in [3.63, 3.8) is 0 Å². The molecule has 1 nitrogen and oxygen atoms in total. The first-order chi connectivity index (χ1) is 8.61. The van der Waals surface area contributed by atoms with Gasteiger partial charge in [-0.15, -0.1) is 0 Å². The molecule has 0 spiro atoms. The Morgan fingerprint density at radius 2 is 1.63 bits per heavy atom. The van der Waals surface area contributed by atoms with Gasteiger partial charge in [-0.2, -0.15) is 13.2 Å². The number of alkyl halides is 3. The second kappa shape index (κ2) is 6.33. The van der Waals surface area contributed by atoms with E-state index in [9.17, 15) is 18.3 Å². The fourth-order valence-electron chi connectivity index (χ4n) is 1.84. The van der Waals surface area contributed by atoms with Crippen molar-refractivity contribution in [2.24, 2.45) is 0 Å². The minimum absolute atomic E-state index is 0.0358. The maximum Gasteiger partial charge on any atom is 0.389 e. The molecule has 108 valence electrons. The van der Waals surface area contributed by atoms with Crippen molar-refractivity contribution in [1.29, 1.82) is 0 Å². The van der Waals surface area contributed by atoms with Gasteiger partial charge in [-0.25, -0.2) is 0 Å². The molecule has 0 aliphatic rings. The molecule has 0 heterocycles. The summed E-state index contributed by atoms with van der Waals surface area (Å²) in [6.07, 6.45) is -5.06. The molecule has 1 N–H and O–H groups in total. The van der Waals surface area contributed by atoms with Crippen LogP contribution in [0.25, 0.3) is 0 Å². The van der Waals surface area contributed by atoms with E-state index in [1.165, 1.54) is 6.92 Å². The van der Waals surface area contributed by atoms with Crippen LogP contribution in [0.5, 0.6) is 0 Å². The Labute approximate surface area is 120 Å². The molecule has 19 heavy (non-hydrogen) atoms. The number of aliphatic hydroxyl groups is 1. The standard InChI is InChI=1S/C13H15Cl2F3O/c1-12(19,6-3-7-13(16,17)18)8-9-10(14)4-2-5-11(9)15/h2,4-5,19H,3,6-8H2,1H3. The molecule has 0 aliphatic carbocycles. The molecule has 0 aliphatic heterocycles. The largest absolute Gasteiger partial charge is 0.390 e. The summed E-state index contributed by atoms with van der Waals surface area (Å²) >= 11 is 11.9. The van der Waals surface area contributed by atoms with E-state index in [2.05, 4.69) is 0 Å². The van der Waals surface area contributed by atoms with Crippen LogP contribution in [0.15, 0.2) is 18.2 Å². The van der Waals surface area contributed by atoms with E-state index in [-0.39, 0.29) is 19.3 Å². The van der Waals surface area contributed by atoms with Crippen molar-refractivity contribution in [2.45, 2.75) is 44.4 Å². The summed E-state index contributed by atoms with van der Waals surface area (Å²) in [5.41, 5.74) is -0.706. The zero-order chi connectivity index (χ0) is 14.7. The van der Waals surface area contributed by atoms with Crippen LogP contribution in [0.3, 0.4) is 0 Å². The van der Waals surface area contributed by atoms with Crippen LogP contribution in [0.1, 0.15) is 31.7 Å². The number of rotatable bonds is 5. The summed E-state index contributed by atoms with van der Waals surface area (Å²) in [5.74, 6) is 0. The van der Waals surface area contributed by atoms with Crippen molar-refractivity contribution in [3.05, 3.63) is 33.8 Å². The zero-order valence-corrected chi connectivity index (χ0v) is 11.9. The quantitative estimate of drug-likeness (QED) is 0.809. The molecule has 0 saturated carbocycles. The van der Waals surface area contributed by atoms with Crippen molar-refractivity contribution >= 4 is 23.2 Å². The highest BCUT2D eigenvalue weighted by atomic mass is 35.5. The lowest BCUT2D eigenvalue weighted by Gasteiger charge is -2.24. The number of halogens is 5. The van der Waals surface area contributed by atoms with Gasteiger partial charge in [0.15, 0.2) is 0 Å². The fraction of sp³-hybridized carbons (Fsp3) is 0.538. The van der Waals surface area contributed by atoms with Crippen LogP contribution in [0.4, 0.5) is 13.2 Å². The second-order valence-electron chi connectivity index (χ2n) is 4.84. The first-order valence-electron chi connectivity index (χ1n) is 5.83. The van der Waals surface area contributed by atoms with E-state index in [0.29, 0.717) is 15.6 Å². The highest BCUT2D eigenvalue weighted by Crippen LogP contribution is 2.31. The summed E-state index contributed by atoms with van der Waals surface area (Å²) in [6, 6.07) is 4.94. The Kier molecular flexibility index (Phi) is 5.53. The van der Waals surface area contributed by atoms with Crippen molar-refractivity contribution < 1.29 is 18.3 Å². The van der Waals surface area contributed by atoms with Crippen LogP contribution in [-0.4, -0.2) is 16.9 Å². The van der Waals surface area contributed by atoms with Gasteiger partial charge < -0.3 is 5.11 Å². The van der Waals surface area contributed by atoms with Gasteiger partial charge in [0.05, 0.1) is 5.60 Å². The smallest absolute Gasteiger partial charge is 0.389 e. The zero-order valence-electron chi connectivity index (χ0n) is 10.4. The van der Waals surface area contributed by atoms with Gasteiger partial charge in [0.25, 0.3) is 0 Å². The molecule has 1 aromatic carbocycles. The van der Waals surface area contributed by atoms with Crippen LogP contribution < -0.4 is 0 Å². The highest BCUT2D eigenvalue weighted by molar-refractivity contribution is 6.36. The molecule has 0 amide bonds. The molecule has 0 saturated heterocycles. The van der Waals surface area contributed by atoms with Gasteiger partial charge in [-0.3, -0.25) is 0 Å². The first kappa shape index (κ1) is 16.6. The van der Waals surface area contributed by atoms with Crippen LogP contribution in [0, 0.1) is 0 Å². The first-order valence-corrected chi connectivity index (χ1v) is 6.58. The van der Waals surface area contributed by atoms with Gasteiger partial charge in [0.2, 0.25) is 0 Å². The number of benzene rings is 1. The lowest BCUT2D eigenvalue weighted by molar-refractivity contribution is -0.137. The van der Waals surface area contributed by atoms with Crippen molar-refractivity contribution in [3.8, 4) is 0 Å². The predicted octanol–water partition coefficient (Wildman–Crippen LogP) is 5.02. The topological polar surface area (TPSA) is 20.2 Å². The van der Waals surface area contributed by atoms with Crippen LogP contribution in [0.2, 0.25) is 10.0 Å². The van der Waals surface area contributed by atoms with Crippen LogP contribution >= 0.6 is 23.2 Å². The molecular weight excluding hydrogens is 300 g/mol. The Hall–Kier alpha value is -0.450. The molecule has 1 unspecified atom stereocenters. The summed E-state index contributed by atoms with van der Waals surface area (Å²) in [6.45, 7) is 1.49. The molecule has 1 rings (SSSR count). The Morgan fingerprint density at radius 3 is 2.11 bits per heavy atom. The minimum atomic E-state index is -4.20. The summed E-state index contributed by atoms with van der Waals surface area (Å²) < 4.78 is 36.2. The molecule has 0 aromatic heterocycles. The lowest BCUT2D eigenvalue weighted by Crippen LogP contribution is -2.28. The van der Waals surface area contributed by atoms with E-state index in [1.807, 2.05) is 0 Å². The molecule has 6 heteroatoms. The van der Waals surface area contributed by atoms with Gasteiger partial charge in [-0.1, -0.05) is 29.3 Å². The third kappa shape index (κ3) is 6.02. The second-order valence-corrected chi connectivity index (χ2v) is 5.66. The number of hydrogen-bond acceptors (Lipinski definition) is 1. The average molecular weight is 315 g/mol. The van der Waals surface area contributed by atoms with E-state index < -0.39 is 18.2 Å².